The van der Waals surface area contributed by atoms with Gasteiger partial charge in [-0.05, 0) is 11.1 Å². The third-order valence-corrected chi connectivity index (χ3v) is 3.73. The van der Waals surface area contributed by atoms with Crippen molar-refractivity contribution in [2.75, 3.05) is 4.90 Å². The Balaban J connectivity index is 1.99. The molecule has 6 heteroatoms. The van der Waals surface area contributed by atoms with Gasteiger partial charge in [0.2, 0.25) is 0 Å². The maximum Gasteiger partial charge on any atom is 0.421 e. The van der Waals surface area contributed by atoms with Crippen molar-refractivity contribution in [3.05, 3.63) is 89.9 Å². The molecule has 0 N–H and O–H groups in total. The molecular formula is C19H16F3N3. The van der Waals surface area contributed by atoms with Crippen LogP contribution in [0.4, 0.5) is 19.0 Å². The van der Waals surface area contributed by atoms with Gasteiger partial charge >= 0.3 is 6.18 Å². The smallest absolute Gasteiger partial charge is 0.347 e. The van der Waals surface area contributed by atoms with Crippen LogP contribution in [-0.2, 0) is 19.3 Å². The highest BCUT2D eigenvalue weighted by atomic mass is 19.4. The van der Waals surface area contributed by atoms with Crippen molar-refractivity contribution in [3.63, 3.8) is 0 Å². The molecule has 0 atom stereocenters. The molecule has 0 radical (unpaired) electrons. The molecule has 3 nitrogen and oxygen atoms in total. The normalized spacial score (nSPS) is 11.3. The third kappa shape index (κ3) is 4.35. The first-order valence-corrected chi connectivity index (χ1v) is 7.74. The summed E-state index contributed by atoms with van der Waals surface area (Å²) in [4.78, 5) is 9.10. The Morgan fingerprint density at radius 3 is 1.80 bits per heavy atom. The Kier molecular flexibility index (Phi) is 4.97. The SMILES string of the molecule is FC(F)(F)c1cncnc1N(Cc1ccccc1)Cc1ccccc1. The molecule has 2 aromatic carbocycles. The van der Waals surface area contributed by atoms with E-state index in [1.165, 1.54) is 0 Å². The van der Waals surface area contributed by atoms with Crippen LogP contribution in [0.1, 0.15) is 16.7 Å². The van der Waals surface area contributed by atoms with Crippen LogP contribution in [0.25, 0.3) is 0 Å². The van der Waals surface area contributed by atoms with E-state index in [2.05, 4.69) is 9.97 Å². The molecule has 0 fully saturated rings. The summed E-state index contributed by atoms with van der Waals surface area (Å²) in [5.41, 5.74) is 0.984. The van der Waals surface area contributed by atoms with E-state index in [-0.39, 0.29) is 5.82 Å². The first-order valence-electron chi connectivity index (χ1n) is 7.74. The minimum Gasteiger partial charge on any atom is -0.347 e. The molecular weight excluding hydrogens is 327 g/mol. The molecule has 0 unspecified atom stereocenters. The monoisotopic (exact) mass is 343 g/mol. The maximum absolute atomic E-state index is 13.4. The fourth-order valence-electron chi connectivity index (χ4n) is 2.59. The fraction of sp³-hybridized carbons (Fsp3) is 0.158. The van der Waals surface area contributed by atoms with Crippen LogP contribution in [0.3, 0.4) is 0 Å². The predicted octanol–water partition coefficient (Wildman–Crippen LogP) is 4.70. The standard InChI is InChI=1S/C19H16F3N3/c20-19(21,22)17-11-23-14-24-18(17)25(12-15-7-3-1-4-8-15)13-16-9-5-2-6-10-16/h1-11,14H,12-13H2. The van der Waals surface area contributed by atoms with Crippen LogP contribution in [0.15, 0.2) is 73.2 Å². The lowest BCUT2D eigenvalue weighted by Gasteiger charge is -2.26. The predicted molar refractivity (Wildman–Crippen MR) is 89.8 cm³/mol. The average molecular weight is 343 g/mol. The molecule has 0 saturated carbocycles. The van der Waals surface area contributed by atoms with Crippen molar-refractivity contribution < 1.29 is 13.2 Å². The number of rotatable bonds is 5. The van der Waals surface area contributed by atoms with Crippen LogP contribution >= 0.6 is 0 Å². The van der Waals surface area contributed by atoms with Crippen LogP contribution in [0, 0.1) is 0 Å². The maximum atomic E-state index is 13.4. The van der Waals surface area contributed by atoms with E-state index in [1.807, 2.05) is 60.7 Å². The van der Waals surface area contributed by atoms with Crippen LogP contribution < -0.4 is 4.90 Å². The first kappa shape index (κ1) is 17.0. The van der Waals surface area contributed by atoms with Crippen molar-refractivity contribution in [1.82, 2.24) is 9.97 Å². The number of aromatic nitrogens is 2. The summed E-state index contributed by atoms with van der Waals surface area (Å²) in [6, 6.07) is 18.7. The third-order valence-electron chi connectivity index (χ3n) is 3.73. The van der Waals surface area contributed by atoms with E-state index in [4.69, 9.17) is 0 Å². The minimum atomic E-state index is -4.51. The Morgan fingerprint density at radius 1 is 0.800 bits per heavy atom. The molecule has 128 valence electrons. The van der Waals surface area contributed by atoms with Gasteiger partial charge < -0.3 is 4.90 Å². The van der Waals surface area contributed by atoms with Gasteiger partial charge in [-0.15, -0.1) is 0 Å². The first-order chi connectivity index (χ1) is 12.0. The summed E-state index contributed by atoms with van der Waals surface area (Å²) in [6.45, 7) is 0.631. The Hall–Kier alpha value is -2.89. The van der Waals surface area contributed by atoms with Gasteiger partial charge in [-0.3, -0.25) is 0 Å². The van der Waals surface area contributed by atoms with Gasteiger partial charge in [-0.2, -0.15) is 13.2 Å². The molecule has 0 saturated heterocycles. The number of alkyl halides is 3. The lowest BCUT2D eigenvalue weighted by Crippen LogP contribution is -2.26. The van der Waals surface area contributed by atoms with Gasteiger partial charge in [-0.1, -0.05) is 60.7 Å². The molecule has 3 aromatic rings. The number of benzene rings is 2. The zero-order valence-corrected chi connectivity index (χ0v) is 13.3. The second-order valence-electron chi connectivity index (χ2n) is 5.59. The topological polar surface area (TPSA) is 29.0 Å². The van der Waals surface area contributed by atoms with Crippen LogP contribution in [0.2, 0.25) is 0 Å². The molecule has 1 aromatic heterocycles. The highest BCUT2D eigenvalue weighted by Gasteiger charge is 2.36. The molecule has 0 aliphatic heterocycles. The number of hydrogen-bond donors (Lipinski definition) is 0. The van der Waals surface area contributed by atoms with E-state index < -0.39 is 11.7 Å². The molecule has 0 amide bonds. The van der Waals surface area contributed by atoms with E-state index in [0.717, 1.165) is 23.7 Å². The summed E-state index contributed by atoms with van der Waals surface area (Å²) in [7, 11) is 0. The van der Waals surface area contributed by atoms with Crippen molar-refractivity contribution >= 4 is 5.82 Å². The molecule has 0 spiro atoms. The summed E-state index contributed by atoms with van der Waals surface area (Å²) >= 11 is 0. The van der Waals surface area contributed by atoms with Gasteiger partial charge in [0.1, 0.15) is 17.7 Å². The molecule has 0 aliphatic carbocycles. The highest BCUT2D eigenvalue weighted by molar-refractivity contribution is 5.48. The number of halogens is 3. The molecule has 1 heterocycles. The summed E-state index contributed by atoms with van der Waals surface area (Å²) in [5.74, 6) is -0.116. The van der Waals surface area contributed by atoms with Crippen LogP contribution in [-0.4, -0.2) is 9.97 Å². The Morgan fingerprint density at radius 2 is 1.32 bits per heavy atom. The Bertz CT molecular complexity index is 763. The van der Waals surface area contributed by atoms with Gasteiger partial charge in [-0.25, -0.2) is 9.97 Å². The molecule has 0 bridgehead atoms. The van der Waals surface area contributed by atoms with Crippen molar-refractivity contribution in [2.45, 2.75) is 19.3 Å². The summed E-state index contributed by atoms with van der Waals surface area (Å²) < 4.78 is 40.1. The van der Waals surface area contributed by atoms with E-state index in [1.54, 1.807) is 4.90 Å². The zero-order valence-electron chi connectivity index (χ0n) is 13.3. The van der Waals surface area contributed by atoms with Gasteiger partial charge in [0.15, 0.2) is 0 Å². The van der Waals surface area contributed by atoms with Gasteiger partial charge in [0.25, 0.3) is 0 Å². The van der Waals surface area contributed by atoms with E-state index >= 15 is 0 Å². The average Bonchev–Trinajstić information content (AvgIpc) is 2.62. The van der Waals surface area contributed by atoms with Crippen molar-refractivity contribution in [2.24, 2.45) is 0 Å². The fourth-order valence-corrected chi connectivity index (χ4v) is 2.59. The second kappa shape index (κ2) is 7.34. The van der Waals surface area contributed by atoms with Crippen molar-refractivity contribution in [3.8, 4) is 0 Å². The minimum absolute atomic E-state index is 0.116. The summed E-state index contributed by atoms with van der Waals surface area (Å²) in [5, 5.41) is 0. The second-order valence-corrected chi connectivity index (χ2v) is 5.59. The molecule has 25 heavy (non-hydrogen) atoms. The lowest BCUT2D eigenvalue weighted by atomic mass is 10.1. The number of hydrogen-bond acceptors (Lipinski definition) is 3. The van der Waals surface area contributed by atoms with E-state index in [9.17, 15) is 13.2 Å². The van der Waals surface area contributed by atoms with E-state index in [0.29, 0.717) is 13.1 Å². The Labute approximate surface area is 143 Å². The largest absolute Gasteiger partial charge is 0.421 e. The zero-order chi connectivity index (χ0) is 17.7. The number of nitrogens with zero attached hydrogens (tertiary/aromatic N) is 3. The quantitative estimate of drug-likeness (QED) is 0.672. The molecule has 0 aliphatic rings. The van der Waals surface area contributed by atoms with Crippen LogP contribution in [0.5, 0.6) is 0 Å². The van der Waals surface area contributed by atoms with Gasteiger partial charge in [0.05, 0.1) is 0 Å². The molecule has 3 rings (SSSR count). The van der Waals surface area contributed by atoms with Gasteiger partial charge in [0, 0.05) is 19.3 Å². The van der Waals surface area contributed by atoms with Crippen molar-refractivity contribution in [1.29, 1.82) is 0 Å². The lowest BCUT2D eigenvalue weighted by molar-refractivity contribution is -0.137. The number of anilines is 1. The summed E-state index contributed by atoms with van der Waals surface area (Å²) in [6.07, 6.45) is -2.54. The highest BCUT2D eigenvalue weighted by Crippen LogP contribution is 2.35.